The third-order valence-corrected chi connectivity index (χ3v) is 8.36. The summed E-state index contributed by atoms with van der Waals surface area (Å²) in [6.45, 7) is 1.46. The van der Waals surface area contributed by atoms with Gasteiger partial charge in [-0.1, -0.05) is 30.3 Å². The number of carbonyl (C=O) groups is 2. The molecule has 0 aromatic heterocycles. The third-order valence-electron chi connectivity index (χ3n) is 6.43. The number of para-hydroxylation sites is 1. The number of hydrogen-bond acceptors (Lipinski definition) is 4. The maximum Gasteiger partial charge on any atom is 0.319 e. The molecule has 2 fully saturated rings. The van der Waals surface area contributed by atoms with Crippen molar-refractivity contribution in [2.75, 3.05) is 31.5 Å². The van der Waals surface area contributed by atoms with E-state index >= 15 is 0 Å². The monoisotopic (exact) mass is 488 g/mol. The van der Waals surface area contributed by atoms with Crippen LogP contribution in [0.2, 0.25) is 0 Å². The van der Waals surface area contributed by atoms with Crippen LogP contribution in [-0.4, -0.2) is 61.8 Å². The van der Waals surface area contributed by atoms with Crippen molar-refractivity contribution in [3.63, 3.8) is 0 Å². The lowest BCUT2D eigenvalue weighted by atomic mass is 9.95. The number of benzene rings is 2. The van der Waals surface area contributed by atoms with Crippen LogP contribution in [0.3, 0.4) is 0 Å². The average Bonchev–Trinajstić information content (AvgIpc) is 2.85. The van der Waals surface area contributed by atoms with Crippen molar-refractivity contribution >= 4 is 27.6 Å². The number of halogens is 1. The summed E-state index contributed by atoms with van der Waals surface area (Å²) in [7, 11) is -3.92. The molecule has 3 amide bonds. The molecule has 0 unspecified atom stereocenters. The van der Waals surface area contributed by atoms with Crippen LogP contribution in [0.1, 0.15) is 25.7 Å². The molecule has 4 rings (SSSR count). The van der Waals surface area contributed by atoms with E-state index < -0.39 is 15.8 Å². The van der Waals surface area contributed by atoms with E-state index in [-0.39, 0.29) is 41.9 Å². The van der Waals surface area contributed by atoms with Gasteiger partial charge in [0, 0.05) is 43.8 Å². The molecule has 0 atom stereocenters. The van der Waals surface area contributed by atoms with E-state index in [4.69, 9.17) is 0 Å². The molecule has 0 radical (unpaired) electrons. The highest BCUT2D eigenvalue weighted by atomic mass is 32.2. The Bertz CT molecular complexity index is 1110. The lowest BCUT2D eigenvalue weighted by molar-refractivity contribution is -0.137. The SMILES string of the molecule is O=C(Nc1ccccc1)NC1CCN(C(=O)C2CCN(S(=O)(=O)c3ccccc3F)CC2)CC1. The van der Waals surface area contributed by atoms with Crippen molar-refractivity contribution in [2.24, 2.45) is 5.92 Å². The van der Waals surface area contributed by atoms with Crippen molar-refractivity contribution in [3.05, 3.63) is 60.4 Å². The van der Waals surface area contributed by atoms with Gasteiger partial charge in [-0.05, 0) is 49.9 Å². The molecule has 182 valence electrons. The molecule has 2 N–H and O–H groups in total. The van der Waals surface area contributed by atoms with Gasteiger partial charge in [-0.2, -0.15) is 4.31 Å². The number of likely N-dealkylation sites (tertiary alicyclic amines) is 1. The average molecular weight is 489 g/mol. The number of nitrogens with one attached hydrogen (secondary N) is 2. The Balaban J connectivity index is 1.24. The fourth-order valence-electron chi connectivity index (χ4n) is 4.51. The van der Waals surface area contributed by atoms with Crippen molar-refractivity contribution in [2.45, 2.75) is 36.6 Å². The zero-order valence-corrected chi connectivity index (χ0v) is 19.6. The Labute approximate surface area is 199 Å². The standard InChI is InChI=1S/C24H29FN4O4S/c25-21-8-4-5-9-22(21)34(32,33)29-16-10-18(11-17-29)23(30)28-14-12-20(13-15-28)27-24(31)26-19-6-2-1-3-7-19/h1-9,18,20H,10-17H2,(H2,26,27,31). The molecule has 0 bridgehead atoms. The Morgan fingerprint density at radius 1 is 0.853 bits per heavy atom. The van der Waals surface area contributed by atoms with Crippen LogP contribution in [0.15, 0.2) is 59.5 Å². The molecule has 2 heterocycles. The van der Waals surface area contributed by atoms with Gasteiger partial charge in [0.1, 0.15) is 10.7 Å². The number of piperidine rings is 2. The fourth-order valence-corrected chi connectivity index (χ4v) is 6.05. The van der Waals surface area contributed by atoms with E-state index in [0.29, 0.717) is 38.8 Å². The van der Waals surface area contributed by atoms with Crippen LogP contribution in [0.4, 0.5) is 14.9 Å². The van der Waals surface area contributed by atoms with Gasteiger partial charge in [0.15, 0.2) is 0 Å². The Morgan fingerprint density at radius 2 is 1.47 bits per heavy atom. The quantitative estimate of drug-likeness (QED) is 0.676. The molecule has 2 saturated heterocycles. The van der Waals surface area contributed by atoms with Crippen molar-refractivity contribution in [3.8, 4) is 0 Å². The number of carbonyl (C=O) groups excluding carboxylic acids is 2. The van der Waals surface area contributed by atoms with E-state index in [9.17, 15) is 22.4 Å². The summed E-state index contributed by atoms with van der Waals surface area (Å²) in [6, 6.07) is 14.3. The Hall–Kier alpha value is -2.98. The maximum absolute atomic E-state index is 14.0. The molecule has 0 spiro atoms. The molecule has 2 aliphatic heterocycles. The predicted molar refractivity (Wildman–Crippen MR) is 126 cm³/mol. The van der Waals surface area contributed by atoms with Gasteiger partial charge in [0.25, 0.3) is 0 Å². The van der Waals surface area contributed by atoms with E-state index in [1.165, 1.54) is 22.5 Å². The van der Waals surface area contributed by atoms with Crippen LogP contribution in [0.25, 0.3) is 0 Å². The van der Waals surface area contributed by atoms with Gasteiger partial charge in [0.2, 0.25) is 15.9 Å². The van der Waals surface area contributed by atoms with Gasteiger partial charge in [-0.15, -0.1) is 0 Å². The summed E-state index contributed by atoms with van der Waals surface area (Å²) in [5.74, 6) is -0.997. The molecule has 2 aromatic carbocycles. The van der Waals surface area contributed by atoms with E-state index in [1.54, 1.807) is 4.90 Å². The molecular formula is C24H29FN4O4S. The van der Waals surface area contributed by atoms with Crippen molar-refractivity contribution in [1.82, 2.24) is 14.5 Å². The van der Waals surface area contributed by atoms with Gasteiger partial charge in [-0.3, -0.25) is 4.79 Å². The molecule has 2 aromatic rings. The van der Waals surface area contributed by atoms with E-state index in [0.717, 1.165) is 11.8 Å². The molecule has 0 aliphatic carbocycles. The maximum atomic E-state index is 14.0. The van der Waals surface area contributed by atoms with Crippen LogP contribution in [0, 0.1) is 11.7 Å². The second-order valence-corrected chi connectivity index (χ2v) is 10.6. The van der Waals surface area contributed by atoms with Crippen molar-refractivity contribution in [1.29, 1.82) is 0 Å². The van der Waals surface area contributed by atoms with Gasteiger partial charge >= 0.3 is 6.03 Å². The molecular weight excluding hydrogens is 459 g/mol. The lowest BCUT2D eigenvalue weighted by Crippen LogP contribution is -2.50. The minimum atomic E-state index is -3.92. The zero-order valence-electron chi connectivity index (χ0n) is 18.8. The number of rotatable bonds is 5. The number of urea groups is 1. The summed E-state index contributed by atoms with van der Waals surface area (Å²) in [5.41, 5.74) is 0.718. The van der Waals surface area contributed by atoms with Crippen LogP contribution in [0.5, 0.6) is 0 Å². The molecule has 8 nitrogen and oxygen atoms in total. The lowest BCUT2D eigenvalue weighted by Gasteiger charge is -2.37. The molecule has 10 heteroatoms. The minimum absolute atomic E-state index is 0.0134. The molecule has 0 saturated carbocycles. The smallest absolute Gasteiger partial charge is 0.319 e. The normalized spacial score (nSPS) is 18.4. The first-order valence-corrected chi connectivity index (χ1v) is 12.9. The van der Waals surface area contributed by atoms with Crippen LogP contribution < -0.4 is 10.6 Å². The first kappa shape index (κ1) is 24.2. The number of hydrogen-bond donors (Lipinski definition) is 2. The summed E-state index contributed by atoms with van der Waals surface area (Å²) < 4.78 is 40.8. The third kappa shape index (κ3) is 5.56. The minimum Gasteiger partial charge on any atom is -0.342 e. The summed E-state index contributed by atoms with van der Waals surface area (Å²) >= 11 is 0. The molecule has 34 heavy (non-hydrogen) atoms. The predicted octanol–water partition coefficient (Wildman–Crippen LogP) is 3.04. The van der Waals surface area contributed by atoms with Gasteiger partial charge in [-0.25, -0.2) is 17.6 Å². The first-order valence-electron chi connectivity index (χ1n) is 11.5. The van der Waals surface area contributed by atoms with Crippen molar-refractivity contribution < 1.29 is 22.4 Å². The second-order valence-electron chi connectivity index (χ2n) is 8.67. The topological polar surface area (TPSA) is 98.8 Å². The summed E-state index contributed by atoms with van der Waals surface area (Å²) in [6.07, 6.45) is 2.14. The largest absolute Gasteiger partial charge is 0.342 e. The fraction of sp³-hybridized carbons (Fsp3) is 0.417. The Morgan fingerprint density at radius 3 is 2.12 bits per heavy atom. The number of anilines is 1. The first-order chi connectivity index (χ1) is 16.3. The van der Waals surface area contributed by atoms with Gasteiger partial charge in [0.05, 0.1) is 0 Å². The zero-order chi connectivity index (χ0) is 24.1. The summed E-state index contributed by atoms with van der Waals surface area (Å²) in [4.78, 5) is 26.7. The highest BCUT2D eigenvalue weighted by molar-refractivity contribution is 7.89. The number of amides is 3. The summed E-state index contributed by atoms with van der Waals surface area (Å²) in [5, 5.41) is 5.76. The van der Waals surface area contributed by atoms with Crippen LogP contribution >= 0.6 is 0 Å². The van der Waals surface area contributed by atoms with Gasteiger partial charge < -0.3 is 15.5 Å². The van der Waals surface area contributed by atoms with E-state index in [2.05, 4.69) is 10.6 Å². The highest BCUT2D eigenvalue weighted by Gasteiger charge is 2.35. The molecule has 2 aliphatic rings. The number of sulfonamides is 1. The second kappa shape index (κ2) is 10.5. The number of nitrogens with zero attached hydrogens (tertiary/aromatic N) is 2. The van der Waals surface area contributed by atoms with Crippen LogP contribution in [-0.2, 0) is 14.8 Å². The van der Waals surface area contributed by atoms with E-state index in [1.807, 2.05) is 30.3 Å². The Kier molecular flexibility index (Phi) is 7.47. The highest BCUT2D eigenvalue weighted by Crippen LogP contribution is 2.27.